The van der Waals surface area contributed by atoms with Crippen molar-refractivity contribution in [3.05, 3.63) is 0 Å². The maximum Gasteiger partial charge on any atom is 0.309 e. The van der Waals surface area contributed by atoms with Gasteiger partial charge in [0, 0.05) is 6.04 Å². The molecule has 5 heteroatoms. The average Bonchev–Trinajstić information content (AvgIpc) is 2.24. The van der Waals surface area contributed by atoms with Gasteiger partial charge in [0.15, 0.2) is 0 Å². The highest BCUT2D eigenvalue weighted by atomic mass is 32.2. The van der Waals surface area contributed by atoms with E-state index in [1.165, 1.54) is 7.11 Å². The van der Waals surface area contributed by atoms with E-state index in [0.29, 0.717) is 5.92 Å². The zero-order valence-electron chi connectivity index (χ0n) is 12.6. The minimum atomic E-state index is -1.18. The van der Waals surface area contributed by atoms with Crippen LogP contribution in [0, 0.1) is 11.8 Å². The Balaban J connectivity index is 4.79. The number of hydrogen-bond acceptors (Lipinski definition) is 3. The number of carbonyl (C=O) groups is 1. The van der Waals surface area contributed by atoms with Gasteiger partial charge in [0.05, 0.1) is 28.8 Å². The highest BCUT2D eigenvalue weighted by molar-refractivity contribution is 7.84. The number of hydrogen-bond donors (Lipinski definition) is 1. The van der Waals surface area contributed by atoms with Crippen molar-refractivity contribution in [2.75, 3.05) is 7.11 Å². The fraction of sp³-hybridized carbons (Fsp3) is 0.923. The van der Waals surface area contributed by atoms with Crippen LogP contribution in [-0.4, -0.2) is 28.1 Å². The Kier molecular flexibility index (Phi) is 7.07. The summed E-state index contributed by atoms with van der Waals surface area (Å²) in [4.78, 5) is 11.6. The summed E-state index contributed by atoms with van der Waals surface area (Å²) in [7, 11) is 0.200. The van der Waals surface area contributed by atoms with Gasteiger partial charge in [-0.2, -0.15) is 0 Å². The molecule has 0 saturated carbocycles. The summed E-state index contributed by atoms with van der Waals surface area (Å²) in [6, 6.07) is -0.127. The second-order valence-corrected chi connectivity index (χ2v) is 8.04. The van der Waals surface area contributed by atoms with E-state index in [1.807, 2.05) is 27.7 Å². The van der Waals surface area contributed by atoms with Crippen LogP contribution in [-0.2, 0) is 20.5 Å². The van der Waals surface area contributed by atoms with Gasteiger partial charge >= 0.3 is 5.97 Å². The molecule has 4 nitrogen and oxygen atoms in total. The van der Waals surface area contributed by atoms with E-state index >= 15 is 0 Å². The van der Waals surface area contributed by atoms with E-state index in [1.54, 1.807) is 0 Å². The largest absolute Gasteiger partial charge is 0.469 e. The minimum Gasteiger partial charge on any atom is -0.469 e. The van der Waals surface area contributed by atoms with Crippen molar-refractivity contribution >= 4 is 17.0 Å². The van der Waals surface area contributed by atoms with Gasteiger partial charge in [0.2, 0.25) is 0 Å². The fourth-order valence-electron chi connectivity index (χ4n) is 1.53. The highest BCUT2D eigenvalue weighted by Crippen LogP contribution is 2.18. The number of methoxy groups -OCH3 is 1. The lowest BCUT2D eigenvalue weighted by molar-refractivity contribution is -0.145. The zero-order chi connectivity index (χ0) is 14.5. The first-order valence-corrected chi connectivity index (χ1v) is 7.50. The van der Waals surface area contributed by atoms with Crippen LogP contribution in [0.4, 0.5) is 0 Å². The fourth-order valence-corrected chi connectivity index (χ4v) is 2.46. The Morgan fingerprint density at radius 1 is 1.28 bits per heavy atom. The quantitative estimate of drug-likeness (QED) is 0.758. The summed E-state index contributed by atoms with van der Waals surface area (Å²) < 4.78 is 19.6. The van der Waals surface area contributed by atoms with Crippen molar-refractivity contribution in [1.29, 1.82) is 0 Å². The molecule has 0 spiro atoms. The minimum absolute atomic E-state index is 0.127. The smallest absolute Gasteiger partial charge is 0.309 e. The molecule has 0 aliphatic rings. The normalized spacial score (nSPS) is 17.3. The Hall–Kier alpha value is -0.420. The van der Waals surface area contributed by atoms with E-state index in [2.05, 4.69) is 18.6 Å². The third-order valence-corrected chi connectivity index (χ3v) is 4.35. The zero-order valence-corrected chi connectivity index (χ0v) is 13.4. The molecule has 0 radical (unpaired) electrons. The summed E-state index contributed by atoms with van der Waals surface area (Å²) in [5, 5.41) is 0. The number of rotatable bonds is 6. The molecule has 0 saturated heterocycles. The molecule has 0 aromatic rings. The van der Waals surface area contributed by atoms with Crippen molar-refractivity contribution in [1.82, 2.24) is 4.72 Å². The predicted molar refractivity (Wildman–Crippen MR) is 75.5 cm³/mol. The summed E-state index contributed by atoms with van der Waals surface area (Å²) in [5.41, 5.74) is 0. The van der Waals surface area contributed by atoms with Crippen molar-refractivity contribution < 1.29 is 13.7 Å². The molecule has 18 heavy (non-hydrogen) atoms. The first-order chi connectivity index (χ1) is 8.09. The average molecular weight is 277 g/mol. The van der Waals surface area contributed by atoms with Crippen LogP contribution in [0.1, 0.15) is 48.0 Å². The van der Waals surface area contributed by atoms with E-state index in [-0.39, 0.29) is 22.7 Å². The van der Waals surface area contributed by atoms with Crippen LogP contribution in [0.25, 0.3) is 0 Å². The maximum atomic E-state index is 12.1. The van der Waals surface area contributed by atoms with Crippen molar-refractivity contribution in [2.45, 2.75) is 58.8 Å². The molecule has 0 heterocycles. The monoisotopic (exact) mass is 277 g/mol. The SMILES string of the molecule is COC(=O)[C@@H](C)[C@@H](CC(C)C)NS(=O)C(C)(C)C. The topological polar surface area (TPSA) is 55.4 Å². The first kappa shape index (κ1) is 17.6. The lowest BCUT2D eigenvalue weighted by Crippen LogP contribution is -2.45. The van der Waals surface area contributed by atoms with Gasteiger partial charge < -0.3 is 4.74 Å². The predicted octanol–water partition coefficient (Wildman–Crippen LogP) is 2.26. The van der Waals surface area contributed by atoms with Gasteiger partial charge in [0.1, 0.15) is 0 Å². The van der Waals surface area contributed by atoms with Gasteiger partial charge in [0.25, 0.3) is 0 Å². The van der Waals surface area contributed by atoms with Crippen LogP contribution in [0.3, 0.4) is 0 Å². The molecule has 0 aromatic carbocycles. The van der Waals surface area contributed by atoms with Crippen molar-refractivity contribution in [2.24, 2.45) is 11.8 Å². The lowest BCUT2D eigenvalue weighted by Gasteiger charge is -2.28. The Labute approximate surface area is 113 Å². The van der Waals surface area contributed by atoms with E-state index in [0.717, 1.165) is 6.42 Å². The first-order valence-electron chi connectivity index (χ1n) is 6.35. The summed E-state index contributed by atoms with van der Waals surface area (Å²) >= 11 is 0. The second-order valence-electron chi connectivity index (χ2n) is 6.05. The standard InChI is InChI=1S/C13H27NO3S/c1-9(2)8-11(10(3)12(15)17-7)14-18(16)13(4,5)6/h9-11,14H,8H2,1-7H3/t10-,11+,18?/m0/s1. The summed E-state index contributed by atoms with van der Waals surface area (Å²) in [6.07, 6.45) is 0.790. The third-order valence-electron chi connectivity index (χ3n) is 2.72. The van der Waals surface area contributed by atoms with Crippen LogP contribution in [0.2, 0.25) is 0 Å². The molecular formula is C13H27NO3S. The molecule has 1 unspecified atom stereocenters. The lowest BCUT2D eigenvalue weighted by atomic mass is 9.94. The molecule has 0 rings (SSSR count). The Morgan fingerprint density at radius 2 is 1.78 bits per heavy atom. The molecule has 0 fully saturated rings. The molecule has 0 bridgehead atoms. The number of ether oxygens (including phenoxy) is 1. The van der Waals surface area contributed by atoms with Gasteiger partial charge in [-0.15, -0.1) is 0 Å². The Bertz CT molecular complexity index is 297. The summed E-state index contributed by atoms with van der Waals surface area (Å²) in [5.74, 6) is -0.144. The van der Waals surface area contributed by atoms with Crippen LogP contribution < -0.4 is 4.72 Å². The number of esters is 1. The van der Waals surface area contributed by atoms with Gasteiger partial charge in [-0.3, -0.25) is 4.79 Å². The van der Waals surface area contributed by atoms with Crippen LogP contribution in [0.15, 0.2) is 0 Å². The van der Waals surface area contributed by atoms with Gasteiger partial charge in [-0.05, 0) is 33.1 Å². The number of nitrogens with one attached hydrogen (secondary N) is 1. The van der Waals surface area contributed by atoms with Crippen LogP contribution in [0.5, 0.6) is 0 Å². The van der Waals surface area contributed by atoms with E-state index in [9.17, 15) is 9.00 Å². The molecule has 1 N–H and O–H groups in total. The maximum absolute atomic E-state index is 12.1. The molecule has 0 aliphatic carbocycles. The van der Waals surface area contributed by atoms with Gasteiger partial charge in [-0.1, -0.05) is 20.8 Å². The molecular weight excluding hydrogens is 250 g/mol. The molecule has 0 amide bonds. The summed E-state index contributed by atoms with van der Waals surface area (Å²) in [6.45, 7) is 11.7. The number of carbonyl (C=O) groups excluding carboxylic acids is 1. The third kappa shape index (κ3) is 5.96. The van der Waals surface area contributed by atoms with Gasteiger partial charge in [-0.25, -0.2) is 8.93 Å². The highest BCUT2D eigenvalue weighted by Gasteiger charge is 2.30. The molecule has 108 valence electrons. The van der Waals surface area contributed by atoms with E-state index < -0.39 is 11.0 Å². The van der Waals surface area contributed by atoms with E-state index in [4.69, 9.17) is 4.74 Å². The molecule has 0 aliphatic heterocycles. The molecule has 0 aromatic heterocycles. The van der Waals surface area contributed by atoms with Crippen LogP contribution >= 0.6 is 0 Å². The molecule has 3 atom stereocenters. The van der Waals surface area contributed by atoms with Crippen molar-refractivity contribution in [3.8, 4) is 0 Å². The van der Waals surface area contributed by atoms with Crippen molar-refractivity contribution in [3.63, 3.8) is 0 Å². The second kappa shape index (κ2) is 7.24. The Morgan fingerprint density at radius 3 is 2.11 bits per heavy atom.